The Kier molecular flexibility index (Phi) is 9.15. The number of carboxylic acid groups (broad SMARTS) is 1. The van der Waals surface area contributed by atoms with Crippen LogP contribution in [-0.2, 0) is 9.59 Å². The number of carbonyl (C=O) groups is 2. The maximum Gasteiger partial charge on any atom is 0.300 e. The van der Waals surface area contributed by atoms with Crippen LogP contribution >= 0.6 is 11.6 Å². The molecule has 0 aliphatic rings. The van der Waals surface area contributed by atoms with E-state index in [1.54, 1.807) is 35.2 Å². The number of ether oxygens (including phenoxy) is 1. The molecule has 1 heterocycles. The number of aliphatic carboxylic acids is 1. The van der Waals surface area contributed by atoms with Crippen LogP contribution < -0.4 is 10.2 Å². The minimum atomic E-state index is -0.833. The minimum absolute atomic E-state index is 0.159. The van der Waals surface area contributed by atoms with E-state index in [9.17, 15) is 4.79 Å². The van der Waals surface area contributed by atoms with Crippen molar-refractivity contribution in [3.05, 3.63) is 102 Å². The summed E-state index contributed by atoms with van der Waals surface area (Å²) in [5.41, 5.74) is 5.90. The Labute approximate surface area is 207 Å². The van der Waals surface area contributed by atoms with E-state index in [0.717, 1.165) is 29.4 Å². The summed E-state index contributed by atoms with van der Waals surface area (Å²) in [6, 6.07) is 26.4. The Morgan fingerprint density at radius 2 is 1.63 bits per heavy atom. The molecule has 0 aliphatic carbocycles. The average molecular weight is 491 g/mol. The molecule has 0 atom stereocenters. The third-order valence-electron chi connectivity index (χ3n) is 4.39. The monoisotopic (exact) mass is 490 g/mol. The molecule has 1 aromatic heterocycles. The predicted molar refractivity (Wildman–Crippen MR) is 135 cm³/mol. The maximum atomic E-state index is 12.1. The molecular formula is C26H23ClN4O4. The second kappa shape index (κ2) is 12.7. The number of aromatic nitrogens is 2. The van der Waals surface area contributed by atoms with Gasteiger partial charge in [-0.2, -0.15) is 10.2 Å². The summed E-state index contributed by atoms with van der Waals surface area (Å²) >= 11 is 5.84. The fourth-order valence-electron chi connectivity index (χ4n) is 2.90. The van der Waals surface area contributed by atoms with Gasteiger partial charge in [0, 0.05) is 29.3 Å². The lowest BCUT2D eigenvalue weighted by atomic mass is 10.1. The van der Waals surface area contributed by atoms with Gasteiger partial charge in [0.05, 0.1) is 11.9 Å². The summed E-state index contributed by atoms with van der Waals surface area (Å²) in [7, 11) is 0. The summed E-state index contributed by atoms with van der Waals surface area (Å²) < 4.78 is 7.21. The molecule has 1 amide bonds. The van der Waals surface area contributed by atoms with Crippen LogP contribution in [0.1, 0.15) is 12.5 Å². The van der Waals surface area contributed by atoms with Crippen molar-refractivity contribution in [3.8, 4) is 22.7 Å². The van der Waals surface area contributed by atoms with Crippen LogP contribution in [0.25, 0.3) is 16.9 Å². The smallest absolute Gasteiger partial charge is 0.300 e. The van der Waals surface area contributed by atoms with E-state index in [0.29, 0.717) is 10.8 Å². The Hall–Kier alpha value is -4.43. The zero-order chi connectivity index (χ0) is 25.0. The lowest BCUT2D eigenvalue weighted by Gasteiger charge is -2.04. The SMILES string of the molecule is CC(=O)O.O=C(COc1ccc(Cl)cc1)N/N=C/c1cn(-c2ccccc2)nc1-c1ccccc1. The summed E-state index contributed by atoms with van der Waals surface area (Å²) in [5.74, 6) is -0.651. The number of halogens is 1. The lowest BCUT2D eigenvalue weighted by molar-refractivity contribution is -0.134. The van der Waals surface area contributed by atoms with E-state index in [-0.39, 0.29) is 12.5 Å². The molecule has 2 N–H and O–H groups in total. The Morgan fingerprint density at radius 1 is 1.03 bits per heavy atom. The van der Waals surface area contributed by atoms with E-state index in [1.165, 1.54) is 0 Å². The number of nitrogens with one attached hydrogen (secondary N) is 1. The molecule has 4 aromatic rings. The summed E-state index contributed by atoms with van der Waals surface area (Å²) in [4.78, 5) is 21.1. The topological polar surface area (TPSA) is 106 Å². The molecule has 35 heavy (non-hydrogen) atoms. The van der Waals surface area contributed by atoms with Gasteiger partial charge >= 0.3 is 0 Å². The molecule has 0 radical (unpaired) electrons. The molecule has 178 valence electrons. The van der Waals surface area contributed by atoms with E-state index in [1.807, 2.05) is 66.9 Å². The highest BCUT2D eigenvalue weighted by Gasteiger charge is 2.11. The molecule has 0 saturated heterocycles. The van der Waals surface area contributed by atoms with Crippen LogP contribution in [0.15, 0.2) is 96.2 Å². The van der Waals surface area contributed by atoms with Crippen LogP contribution in [0.5, 0.6) is 5.75 Å². The molecular weight excluding hydrogens is 468 g/mol. The van der Waals surface area contributed by atoms with E-state index in [4.69, 9.17) is 31.3 Å². The first-order valence-electron chi connectivity index (χ1n) is 10.5. The quantitative estimate of drug-likeness (QED) is 0.285. The van der Waals surface area contributed by atoms with Gasteiger partial charge in [0.1, 0.15) is 11.4 Å². The summed E-state index contributed by atoms with van der Waals surface area (Å²) in [5, 5.41) is 16.8. The van der Waals surface area contributed by atoms with Crippen LogP contribution in [0.3, 0.4) is 0 Å². The maximum absolute atomic E-state index is 12.1. The predicted octanol–water partition coefficient (Wildman–Crippen LogP) is 4.81. The molecule has 0 spiro atoms. The number of hydrogen-bond acceptors (Lipinski definition) is 5. The number of carboxylic acids is 1. The Bertz CT molecular complexity index is 1270. The normalized spacial score (nSPS) is 10.3. The molecule has 0 fully saturated rings. The summed E-state index contributed by atoms with van der Waals surface area (Å²) in [6.45, 7) is 0.924. The number of rotatable bonds is 7. The number of para-hydroxylation sites is 1. The van der Waals surface area contributed by atoms with Crippen molar-refractivity contribution in [2.24, 2.45) is 5.10 Å². The van der Waals surface area contributed by atoms with Crippen molar-refractivity contribution in [1.29, 1.82) is 0 Å². The average Bonchev–Trinajstić information content (AvgIpc) is 3.29. The highest BCUT2D eigenvalue weighted by molar-refractivity contribution is 6.30. The van der Waals surface area contributed by atoms with Crippen molar-refractivity contribution in [3.63, 3.8) is 0 Å². The molecule has 0 aliphatic heterocycles. The van der Waals surface area contributed by atoms with Gasteiger partial charge in [-0.15, -0.1) is 0 Å². The van der Waals surface area contributed by atoms with Crippen LogP contribution in [0, 0.1) is 0 Å². The van der Waals surface area contributed by atoms with Crippen molar-refractivity contribution < 1.29 is 19.4 Å². The molecule has 0 saturated carbocycles. The van der Waals surface area contributed by atoms with Gasteiger partial charge in [0.2, 0.25) is 0 Å². The van der Waals surface area contributed by atoms with Gasteiger partial charge in [-0.3, -0.25) is 9.59 Å². The molecule has 8 nitrogen and oxygen atoms in total. The van der Waals surface area contributed by atoms with Gasteiger partial charge in [-0.05, 0) is 36.4 Å². The van der Waals surface area contributed by atoms with Gasteiger partial charge in [-0.1, -0.05) is 60.1 Å². The van der Waals surface area contributed by atoms with Gasteiger partial charge < -0.3 is 9.84 Å². The first kappa shape index (κ1) is 25.2. The third kappa shape index (κ3) is 8.13. The van der Waals surface area contributed by atoms with Gasteiger partial charge in [0.25, 0.3) is 11.9 Å². The second-order valence-electron chi connectivity index (χ2n) is 7.13. The first-order valence-corrected chi connectivity index (χ1v) is 10.9. The Morgan fingerprint density at radius 3 is 2.26 bits per heavy atom. The van der Waals surface area contributed by atoms with Crippen LogP contribution in [-0.4, -0.2) is 39.6 Å². The number of carbonyl (C=O) groups excluding carboxylic acids is 1. The second-order valence-corrected chi connectivity index (χ2v) is 7.57. The van der Waals surface area contributed by atoms with Gasteiger partial charge in [0.15, 0.2) is 6.61 Å². The van der Waals surface area contributed by atoms with Crippen LogP contribution in [0.2, 0.25) is 5.02 Å². The standard InChI is InChI=1S/C24H19ClN4O2.C2H4O2/c25-20-11-13-22(14-12-20)31-17-23(30)27-26-15-19-16-29(21-9-5-2-6-10-21)28-24(19)18-7-3-1-4-8-18;1-2(3)4/h1-16H,17H2,(H,27,30);1H3,(H,3,4)/b26-15+;. The number of nitrogens with zero attached hydrogens (tertiary/aromatic N) is 3. The van der Waals surface area contributed by atoms with Crippen molar-refractivity contribution >= 4 is 29.7 Å². The molecule has 0 unspecified atom stereocenters. The van der Waals surface area contributed by atoms with Crippen molar-refractivity contribution in [2.45, 2.75) is 6.92 Å². The number of amides is 1. The molecule has 3 aromatic carbocycles. The fraction of sp³-hybridized carbons (Fsp3) is 0.0769. The van der Waals surface area contributed by atoms with Crippen molar-refractivity contribution in [1.82, 2.24) is 15.2 Å². The zero-order valence-electron chi connectivity index (χ0n) is 18.8. The van der Waals surface area contributed by atoms with Crippen molar-refractivity contribution in [2.75, 3.05) is 6.61 Å². The van der Waals surface area contributed by atoms with E-state index >= 15 is 0 Å². The zero-order valence-corrected chi connectivity index (χ0v) is 19.6. The molecule has 4 rings (SSSR count). The fourth-order valence-corrected chi connectivity index (χ4v) is 3.03. The highest BCUT2D eigenvalue weighted by atomic mass is 35.5. The van der Waals surface area contributed by atoms with E-state index in [2.05, 4.69) is 10.5 Å². The lowest BCUT2D eigenvalue weighted by Crippen LogP contribution is -2.24. The molecule has 9 heteroatoms. The number of benzene rings is 3. The highest BCUT2D eigenvalue weighted by Crippen LogP contribution is 2.22. The number of hydrazone groups is 1. The minimum Gasteiger partial charge on any atom is -0.484 e. The summed E-state index contributed by atoms with van der Waals surface area (Å²) in [6.07, 6.45) is 3.45. The third-order valence-corrected chi connectivity index (χ3v) is 4.64. The largest absolute Gasteiger partial charge is 0.484 e. The molecule has 0 bridgehead atoms. The first-order chi connectivity index (χ1) is 16.9. The van der Waals surface area contributed by atoms with E-state index < -0.39 is 5.97 Å². The van der Waals surface area contributed by atoms with Gasteiger partial charge in [-0.25, -0.2) is 10.1 Å². The Balaban J connectivity index is 0.000000795. The number of hydrogen-bond donors (Lipinski definition) is 2. The van der Waals surface area contributed by atoms with Crippen LogP contribution in [0.4, 0.5) is 0 Å².